The third-order valence-corrected chi connectivity index (χ3v) is 6.61. The summed E-state index contributed by atoms with van der Waals surface area (Å²) >= 11 is 0. The second kappa shape index (κ2) is 8.71. The molecule has 1 atom stereocenters. The van der Waals surface area contributed by atoms with E-state index in [0.717, 1.165) is 0 Å². The average molecular weight is 450 g/mol. The Morgan fingerprint density at radius 2 is 1.21 bits per heavy atom. The summed E-state index contributed by atoms with van der Waals surface area (Å²) in [5.41, 5.74) is -0.475. The molecule has 2 N–H and O–H groups in total. The number of nitrogens with one attached hydrogen (secondary N) is 1. The zero-order valence-electron chi connectivity index (χ0n) is 18.3. The van der Waals surface area contributed by atoms with Crippen LogP contribution in [0.2, 0.25) is 0 Å². The van der Waals surface area contributed by atoms with E-state index in [2.05, 4.69) is 5.32 Å². The predicted molar refractivity (Wildman–Crippen MR) is 130 cm³/mol. The van der Waals surface area contributed by atoms with Crippen molar-refractivity contribution < 1.29 is 19.7 Å². The summed E-state index contributed by atoms with van der Waals surface area (Å²) < 4.78 is 0. The van der Waals surface area contributed by atoms with Crippen LogP contribution in [0.4, 0.5) is 5.69 Å². The number of hydrogen-bond acceptors (Lipinski definition) is 4. The molecule has 1 aliphatic heterocycles. The molecular formula is C29H23NO4. The Morgan fingerprint density at radius 1 is 0.706 bits per heavy atom. The smallest absolute Gasteiger partial charge is 0.243 e. The van der Waals surface area contributed by atoms with Crippen LogP contribution < -0.4 is 5.32 Å². The van der Waals surface area contributed by atoms with Crippen LogP contribution in [0.3, 0.4) is 0 Å². The number of rotatable bonds is 6. The molecule has 0 aliphatic carbocycles. The number of hydrogen-bond donors (Lipinski definition) is 2. The third-order valence-electron chi connectivity index (χ3n) is 6.61. The van der Waals surface area contributed by atoms with Crippen LogP contribution in [0.25, 0.3) is 0 Å². The molecule has 0 saturated carbocycles. The van der Waals surface area contributed by atoms with Crippen molar-refractivity contribution in [3.8, 4) is 0 Å². The maximum atomic E-state index is 14.2. The minimum atomic E-state index is -1.65. The molecule has 4 aromatic rings. The fourth-order valence-electron chi connectivity index (χ4n) is 4.90. The Kier molecular flexibility index (Phi) is 5.57. The number of benzene rings is 4. The molecule has 0 fully saturated rings. The first-order valence-corrected chi connectivity index (χ1v) is 11.1. The van der Waals surface area contributed by atoms with Gasteiger partial charge in [-0.25, -0.2) is 4.89 Å². The second-order valence-electron chi connectivity index (χ2n) is 8.43. The molecule has 1 amide bonds. The average Bonchev–Trinajstić information content (AvgIpc) is 2.91. The fraction of sp³-hybridized carbons (Fsp3) is 0.103. The lowest BCUT2D eigenvalue weighted by Crippen LogP contribution is -2.55. The summed E-state index contributed by atoms with van der Waals surface area (Å²) in [6.07, 6.45) is -0.145. The SMILES string of the molecule is O=C1Nc2ccccc2C(=O)C1(CC(OO)(c1ccccc1)c1ccccc1)c1ccccc1. The van der Waals surface area contributed by atoms with Crippen LogP contribution in [0.1, 0.15) is 33.5 Å². The quantitative estimate of drug-likeness (QED) is 0.229. The molecule has 0 aromatic heterocycles. The van der Waals surface area contributed by atoms with E-state index in [1.807, 2.05) is 66.7 Å². The summed E-state index contributed by atoms with van der Waals surface area (Å²) in [4.78, 5) is 33.4. The summed E-state index contributed by atoms with van der Waals surface area (Å²) in [7, 11) is 0. The van der Waals surface area contributed by atoms with Gasteiger partial charge in [0.05, 0.1) is 5.69 Å². The van der Waals surface area contributed by atoms with Crippen LogP contribution in [0.5, 0.6) is 0 Å². The second-order valence-corrected chi connectivity index (χ2v) is 8.43. The first-order valence-electron chi connectivity index (χ1n) is 11.1. The lowest BCUT2D eigenvalue weighted by Gasteiger charge is -2.42. The maximum absolute atomic E-state index is 14.2. The first kappa shape index (κ1) is 21.8. The molecule has 5 rings (SSSR count). The van der Waals surface area contributed by atoms with Crippen LogP contribution in [-0.4, -0.2) is 16.9 Å². The molecule has 4 aromatic carbocycles. The van der Waals surface area contributed by atoms with Gasteiger partial charge in [0.2, 0.25) is 5.91 Å². The molecule has 5 heteroatoms. The normalized spacial score (nSPS) is 17.7. The van der Waals surface area contributed by atoms with Gasteiger partial charge in [-0.2, -0.15) is 0 Å². The molecule has 0 saturated heterocycles. The van der Waals surface area contributed by atoms with Crippen molar-refractivity contribution in [3.63, 3.8) is 0 Å². The molecule has 1 aliphatic rings. The van der Waals surface area contributed by atoms with E-state index in [4.69, 9.17) is 4.89 Å². The van der Waals surface area contributed by atoms with E-state index in [0.29, 0.717) is 27.9 Å². The Balaban J connectivity index is 1.79. The maximum Gasteiger partial charge on any atom is 0.243 e. The van der Waals surface area contributed by atoms with E-state index in [9.17, 15) is 14.8 Å². The topological polar surface area (TPSA) is 75.6 Å². The monoisotopic (exact) mass is 449 g/mol. The van der Waals surface area contributed by atoms with Crippen molar-refractivity contribution in [1.82, 2.24) is 0 Å². The van der Waals surface area contributed by atoms with Crippen molar-refractivity contribution in [2.24, 2.45) is 0 Å². The number of ketones is 1. The highest BCUT2D eigenvalue weighted by Gasteiger charge is 2.57. The lowest BCUT2D eigenvalue weighted by atomic mass is 9.63. The molecule has 1 heterocycles. The Bertz CT molecular complexity index is 1280. The highest BCUT2D eigenvalue weighted by molar-refractivity contribution is 6.27. The van der Waals surface area contributed by atoms with Gasteiger partial charge >= 0.3 is 0 Å². The Labute approximate surface area is 197 Å². The third kappa shape index (κ3) is 3.34. The zero-order valence-corrected chi connectivity index (χ0v) is 18.3. The van der Waals surface area contributed by atoms with Crippen molar-refractivity contribution in [2.75, 3.05) is 5.32 Å². The van der Waals surface area contributed by atoms with Gasteiger partial charge < -0.3 is 5.32 Å². The van der Waals surface area contributed by atoms with Crippen molar-refractivity contribution >= 4 is 17.4 Å². The van der Waals surface area contributed by atoms with Gasteiger partial charge in [0.1, 0.15) is 5.41 Å². The Hall–Kier alpha value is -4.06. The number of anilines is 1. The zero-order chi connectivity index (χ0) is 23.6. The number of amides is 1. The van der Waals surface area contributed by atoms with Crippen LogP contribution in [-0.2, 0) is 20.7 Å². The van der Waals surface area contributed by atoms with Gasteiger partial charge in [-0.1, -0.05) is 103 Å². The summed E-state index contributed by atoms with van der Waals surface area (Å²) in [5.74, 6) is -0.804. The molecule has 5 nitrogen and oxygen atoms in total. The minimum absolute atomic E-state index is 0.145. The van der Waals surface area contributed by atoms with Crippen molar-refractivity contribution in [2.45, 2.75) is 17.4 Å². The van der Waals surface area contributed by atoms with Crippen molar-refractivity contribution in [1.29, 1.82) is 0 Å². The van der Waals surface area contributed by atoms with Crippen LogP contribution in [0.15, 0.2) is 115 Å². The number of carbonyl (C=O) groups excluding carboxylic acids is 2. The fourth-order valence-corrected chi connectivity index (χ4v) is 4.90. The van der Waals surface area contributed by atoms with E-state index >= 15 is 0 Å². The predicted octanol–water partition coefficient (Wildman–Crippen LogP) is 5.58. The van der Waals surface area contributed by atoms with Gasteiger partial charge in [0.25, 0.3) is 0 Å². The van der Waals surface area contributed by atoms with Crippen molar-refractivity contribution in [3.05, 3.63) is 138 Å². The highest BCUT2D eigenvalue weighted by atomic mass is 17.1. The highest BCUT2D eigenvalue weighted by Crippen LogP contribution is 2.48. The van der Waals surface area contributed by atoms with Gasteiger partial charge in [-0.3, -0.25) is 14.8 Å². The van der Waals surface area contributed by atoms with Crippen LogP contribution in [0, 0.1) is 0 Å². The molecule has 0 bridgehead atoms. The van der Waals surface area contributed by atoms with Crippen LogP contribution >= 0.6 is 0 Å². The molecule has 0 radical (unpaired) electrons. The molecular weight excluding hydrogens is 426 g/mol. The molecule has 1 unspecified atom stereocenters. The van der Waals surface area contributed by atoms with E-state index < -0.39 is 16.9 Å². The summed E-state index contributed by atoms with van der Waals surface area (Å²) in [5, 5.41) is 13.4. The van der Waals surface area contributed by atoms with Gasteiger partial charge in [0.15, 0.2) is 11.4 Å². The largest absolute Gasteiger partial charge is 0.324 e. The molecule has 34 heavy (non-hydrogen) atoms. The summed E-state index contributed by atoms with van der Waals surface area (Å²) in [6.45, 7) is 0. The molecule has 168 valence electrons. The number of Topliss-reactive ketones (excluding diaryl/α,β-unsaturated/α-hetero) is 1. The lowest BCUT2D eigenvalue weighted by molar-refractivity contribution is -0.319. The van der Waals surface area contributed by atoms with E-state index in [1.54, 1.807) is 48.5 Å². The minimum Gasteiger partial charge on any atom is -0.324 e. The number of fused-ring (bicyclic) bond motifs is 1. The Morgan fingerprint density at radius 3 is 1.76 bits per heavy atom. The van der Waals surface area contributed by atoms with Gasteiger partial charge in [-0.15, -0.1) is 0 Å². The summed E-state index contributed by atoms with van der Waals surface area (Å²) in [6, 6.07) is 34.3. The standard InChI is InChI=1S/C29H23NO4/c31-26-24-18-10-11-19-25(24)30-27(32)28(26,21-12-4-1-5-13-21)20-29(34-33,22-14-6-2-7-15-22)23-16-8-3-9-17-23/h1-19,33H,20H2,(H,30,32). The van der Waals surface area contributed by atoms with E-state index in [1.165, 1.54) is 0 Å². The van der Waals surface area contributed by atoms with Gasteiger partial charge in [-0.05, 0) is 28.8 Å². The number of carbonyl (C=O) groups is 2. The van der Waals surface area contributed by atoms with Gasteiger partial charge in [0, 0.05) is 12.0 Å². The molecule has 0 spiro atoms. The number of para-hydroxylation sites is 1. The van der Waals surface area contributed by atoms with E-state index in [-0.39, 0.29) is 12.2 Å². The first-order chi connectivity index (χ1) is 16.6.